The standard InChI is InChI=1S/C20H18F3NO3/c1-12-10-14-6-3-4-9-17(14)24(12)18(25)13(2)27-19(26)15-7-5-8-16(11-15)20(21,22)23/h3-9,11-13H,10H2,1-2H3/t12-,13+/m1/s1. The minimum Gasteiger partial charge on any atom is -0.449 e. The van der Waals surface area contributed by atoms with Gasteiger partial charge in [0, 0.05) is 11.7 Å². The minimum absolute atomic E-state index is 0.0930. The lowest BCUT2D eigenvalue weighted by atomic mass is 10.1. The van der Waals surface area contributed by atoms with Crippen molar-refractivity contribution in [2.45, 2.75) is 38.6 Å². The zero-order valence-corrected chi connectivity index (χ0v) is 14.8. The molecule has 7 heteroatoms. The summed E-state index contributed by atoms with van der Waals surface area (Å²) < 4.78 is 43.5. The number of carbonyl (C=O) groups excluding carboxylic acids is 2. The van der Waals surface area contributed by atoms with Gasteiger partial charge in [-0.2, -0.15) is 13.2 Å². The lowest BCUT2D eigenvalue weighted by molar-refractivity contribution is -0.137. The van der Waals surface area contributed by atoms with E-state index in [1.807, 2.05) is 31.2 Å². The SMILES string of the molecule is C[C@H](OC(=O)c1cccc(C(F)(F)F)c1)C(=O)N1c2ccccc2C[C@H]1C. The van der Waals surface area contributed by atoms with E-state index in [2.05, 4.69) is 0 Å². The minimum atomic E-state index is -4.56. The van der Waals surface area contributed by atoms with Gasteiger partial charge in [0.15, 0.2) is 6.10 Å². The predicted octanol–water partition coefficient (Wildman–Crippen LogP) is 4.23. The van der Waals surface area contributed by atoms with Crippen molar-refractivity contribution in [3.8, 4) is 0 Å². The van der Waals surface area contributed by atoms with Crippen LogP contribution in [0.15, 0.2) is 48.5 Å². The molecule has 0 saturated carbocycles. The third-order valence-electron chi connectivity index (χ3n) is 4.50. The van der Waals surface area contributed by atoms with Crippen LogP contribution in [0.2, 0.25) is 0 Å². The number of esters is 1. The third-order valence-corrected chi connectivity index (χ3v) is 4.50. The molecule has 0 fully saturated rings. The number of anilines is 1. The number of fused-ring (bicyclic) bond motifs is 1. The summed E-state index contributed by atoms with van der Waals surface area (Å²) in [5, 5.41) is 0. The van der Waals surface area contributed by atoms with Gasteiger partial charge in [-0.25, -0.2) is 4.79 Å². The fourth-order valence-corrected chi connectivity index (χ4v) is 3.20. The molecular formula is C20H18F3NO3. The van der Waals surface area contributed by atoms with Crippen molar-refractivity contribution in [2.75, 3.05) is 4.90 Å². The fraction of sp³-hybridized carbons (Fsp3) is 0.300. The van der Waals surface area contributed by atoms with Gasteiger partial charge < -0.3 is 9.64 Å². The first kappa shape index (κ1) is 18.9. The average Bonchev–Trinajstić information content (AvgIpc) is 2.96. The molecule has 1 aliphatic rings. The Bertz CT molecular complexity index is 879. The zero-order valence-electron chi connectivity index (χ0n) is 14.8. The van der Waals surface area contributed by atoms with Gasteiger partial charge in [-0.05, 0) is 50.1 Å². The Morgan fingerprint density at radius 2 is 1.85 bits per heavy atom. The molecule has 0 aliphatic carbocycles. The van der Waals surface area contributed by atoms with E-state index < -0.39 is 29.7 Å². The molecule has 0 radical (unpaired) electrons. The molecule has 0 bridgehead atoms. The van der Waals surface area contributed by atoms with Crippen LogP contribution in [0.25, 0.3) is 0 Å². The maximum atomic E-state index is 12.8. The van der Waals surface area contributed by atoms with Gasteiger partial charge in [-0.1, -0.05) is 24.3 Å². The van der Waals surface area contributed by atoms with Crippen LogP contribution < -0.4 is 4.90 Å². The highest BCUT2D eigenvalue weighted by molar-refractivity contribution is 6.00. The molecular weight excluding hydrogens is 359 g/mol. The van der Waals surface area contributed by atoms with Crippen LogP contribution in [0.1, 0.15) is 35.3 Å². The number of ether oxygens (including phenoxy) is 1. The number of para-hydroxylation sites is 1. The average molecular weight is 377 g/mol. The van der Waals surface area contributed by atoms with Crippen LogP contribution in [0.4, 0.5) is 18.9 Å². The van der Waals surface area contributed by atoms with E-state index in [-0.39, 0.29) is 11.6 Å². The fourth-order valence-electron chi connectivity index (χ4n) is 3.20. The van der Waals surface area contributed by atoms with Gasteiger partial charge in [-0.15, -0.1) is 0 Å². The molecule has 1 amide bonds. The first-order valence-electron chi connectivity index (χ1n) is 8.47. The molecule has 1 aliphatic heterocycles. The summed E-state index contributed by atoms with van der Waals surface area (Å²) in [6, 6.07) is 11.3. The number of carbonyl (C=O) groups is 2. The number of nitrogens with zero attached hydrogens (tertiary/aromatic N) is 1. The summed E-state index contributed by atoms with van der Waals surface area (Å²) in [6.45, 7) is 3.31. The number of hydrogen-bond acceptors (Lipinski definition) is 3. The van der Waals surface area contributed by atoms with Crippen molar-refractivity contribution in [3.63, 3.8) is 0 Å². The van der Waals surface area contributed by atoms with E-state index in [9.17, 15) is 22.8 Å². The van der Waals surface area contributed by atoms with E-state index >= 15 is 0 Å². The summed E-state index contributed by atoms with van der Waals surface area (Å²) >= 11 is 0. The Kier molecular flexibility index (Phi) is 4.95. The number of benzene rings is 2. The van der Waals surface area contributed by atoms with E-state index in [0.717, 1.165) is 23.4 Å². The monoisotopic (exact) mass is 377 g/mol. The topological polar surface area (TPSA) is 46.6 Å². The highest BCUT2D eigenvalue weighted by Crippen LogP contribution is 2.33. The zero-order chi connectivity index (χ0) is 19.8. The summed E-state index contributed by atoms with van der Waals surface area (Å²) in [5.74, 6) is -1.38. The Morgan fingerprint density at radius 1 is 1.15 bits per heavy atom. The normalized spacial score (nSPS) is 17.4. The molecule has 0 spiro atoms. The Morgan fingerprint density at radius 3 is 2.56 bits per heavy atom. The lowest BCUT2D eigenvalue weighted by Crippen LogP contribution is -2.43. The molecule has 0 aromatic heterocycles. The highest BCUT2D eigenvalue weighted by Gasteiger charge is 2.35. The van der Waals surface area contributed by atoms with Crippen molar-refractivity contribution in [2.24, 2.45) is 0 Å². The smallest absolute Gasteiger partial charge is 0.416 e. The molecule has 0 N–H and O–H groups in total. The molecule has 0 unspecified atom stereocenters. The molecule has 2 aromatic rings. The Labute approximate surface area is 154 Å². The summed E-state index contributed by atoms with van der Waals surface area (Å²) in [7, 11) is 0. The maximum Gasteiger partial charge on any atom is 0.416 e. The van der Waals surface area contributed by atoms with Gasteiger partial charge in [0.25, 0.3) is 5.91 Å². The molecule has 0 saturated heterocycles. The Balaban J connectivity index is 1.75. The molecule has 27 heavy (non-hydrogen) atoms. The number of alkyl halides is 3. The van der Waals surface area contributed by atoms with Crippen molar-refractivity contribution < 1.29 is 27.5 Å². The van der Waals surface area contributed by atoms with Gasteiger partial charge >= 0.3 is 12.1 Å². The van der Waals surface area contributed by atoms with Crippen LogP contribution in [0.5, 0.6) is 0 Å². The van der Waals surface area contributed by atoms with Crippen LogP contribution in [-0.2, 0) is 22.1 Å². The predicted molar refractivity (Wildman–Crippen MR) is 93.4 cm³/mol. The van der Waals surface area contributed by atoms with E-state index in [1.165, 1.54) is 13.0 Å². The van der Waals surface area contributed by atoms with Gasteiger partial charge in [0.1, 0.15) is 0 Å². The van der Waals surface area contributed by atoms with Crippen molar-refractivity contribution in [1.82, 2.24) is 0 Å². The second kappa shape index (κ2) is 7.06. The largest absolute Gasteiger partial charge is 0.449 e. The van der Waals surface area contributed by atoms with Crippen LogP contribution in [-0.4, -0.2) is 24.0 Å². The summed E-state index contributed by atoms with van der Waals surface area (Å²) in [5.41, 5.74) is 0.587. The molecule has 2 atom stereocenters. The maximum absolute atomic E-state index is 12.8. The molecule has 2 aromatic carbocycles. The first-order valence-corrected chi connectivity index (χ1v) is 8.47. The molecule has 1 heterocycles. The highest BCUT2D eigenvalue weighted by atomic mass is 19.4. The second-order valence-electron chi connectivity index (χ2n) is 6.52. The summed E-state index contributed by atoms with van der Waals surface area (Å²) in [4.78, 5) is 26.6. The van der Waals surface area contributed by atoms with Gasteiger partial charge in [-0.3, -0.25) is 4.79 Å². The van der Waals surface area contributed by atoms with Crippen LogP contribution in [0, 0.1) is 0 Å². The van der Waals surface area contributed by atoms with Crippen molar-refractivity contribution >= 4 is 17.6 Å². The first-order chi connectivity index (χ1) is 12.7. The van der Waals surface area contributed by atoms with Crippen LogP contribution in [0.3, 0.4) is 0 Å². The number of rotatable bonds is 3. The number of halogens is 3. The lowest BCUT2D eigenvalue weighted by Gasteiger charge is -2.26. The summed E-state index contributed by atoms with van der Waals surface area (Å²) in [6.07, 6.45) is -5.00. The van der Waals surface area contributed by atoms with E-state index in [4.69, 9.17) is 4.74 Å². The van der Waals surface area contributed by atoms with E-state index in [1.54, 1.807) is 4.90 Å². The second-order valence-corrected chi connectivity index (χ2v) is 6.52. The van der Waals surface area contributed by atoms with Crippen LogP contribution >= 0.6 is 0 Å². The quantitative estimate of drug-likeness (QED) is 0.752. The number of amides is 1. The Hall–Kier alpha value is -2.83. The van der Waals surface area contributed by atoms with Crippen molar-refractivity contribution in [1.29, 1.82) is 0 Å². The van der Waals surface area contributed by atoms with E-state index in [0.29, 0.717) is 12.5 Å². The van der Waals surface area contributed by atoms with Gasteiger partial charge in [0.2, 0.25) is 0 Å². The third kappa shape index (κ3) is 3.82. The molecule has 142 valence electrons. The molecule has 4 nitrogen and oxygen atoms in total. The van der Waals surface area contributed by atoms with Crippen molar-refractivity contribution in [3.05, 3.63) is 65.2 Å². The van der Waals surface area contributed by atoms with Gasteiger partial charge in [0.05, 0.1) is 11.1 Å². The number of hydrogen-bond donors (Lipinski definition) is 0. The molecule has 3 rings (SSSR count).